The Morgan fingerprint density at radius 2 is 2.27 bits per heavy atom. The molecule has 0 N–H and O–H groups in total. The molecule has 1 saturated heterocycles. The predicted octanol–water partition coefficient (Wildman–Crippen LogP) is 2.42. The Hall–Kier alpha value is 0.590. The summed E-state index contributed by atoms with van der Waals surface area (Å²) < 4.78 is 22.7. The van der Waals surface area contributed by atoms with E-state index in [4.69, 9.17) is 11.6 Å². The van der Waals surface area contributed by atoms with Gasteiger partial charge in [0.1, 0.15) is 0 Å². The van der Waals surface area contributed by atoms with Crippen molar-refractivity contribution in [3.8, 4) is 0 Å². The van der Waals surface area contributed by atoms with Gasteiger partial charge in [-0.2, -0.15) is 11.8 Å². The molecule has 0 bridgehead atoms. The zero-order valence-electron chi connectivity index (χ0n) is 9.12. The van der Waals surface area contributed by atoms with Gasteiger partial charge >= 0.3 is 0 Å². The normalized spacial score (nSPS) is 26.7. The number of halogens is 1. The van der Waals surface area contributed by atoms with Gasteiger partial charge in [-0.3, -0.25) is 0 Å². The molecular formula is C10H19ClO2S2. The van der Waals surface area contributed by atoms with Crippen molar-refractivity contribution >= 4 is 33.2 Å². The van der Waals surface area contributed by atoms with Crippen LogP contribution in [0.25, 0.3) is 0 Å². The highest BCUT2D eigenvalue weighted by Crippen LogP contribution is 2.30. The highest BCUT2D eigenvalue weighted by atomic mass is 35.5. The molecular weight excluding hydrogens is 252 g/mol. The molecule has 2 atom stereocenters. The molecule has 0 saturated carbocycles. The molecule has 0 amide bonds. The molecule has 0 aromatic heterocycles. The number of hydrogen-bond donors (Lipinski definition) is 0. The summed E-state index contributed by atoms with van der Waals surface area (Å²) in [7, 11) is -2.75. The Morgan fingerprint density at radius 1 is 1.53 bits per heavy atom. The lowest BCUT2D eigenvalue weighted by Crippen LogP contribution is -2.18. The fourth-order valence-corrected chi connectivity index (χ4v) is 4.91. The van der Waals surface area contributed by atoms with Crippen molar-refractivity contribution in [2.75, 3.05) is 29.4 Å². The van der Waals surface area contributed by atoms with Crippen LogP contribution in [0.3, 0.4) is 0 Å². The first-order valence-corrected chi connectivity index (χ1v) is 9.09. The highest BCUT2D eigenvalue weighted by Gasteiger charge is 2.32. The fourth-order valence-electron chi connectivity index (χ4n) is 2.12. The van der Waals surface area contributed by atoms with E-state index >= 15 is 0 Å². The van der Waals surface area contributed by atoms with E-state index in [2.05, 4.69) is 6.26 Å². The Morgan fingerprint density at radius 3 is 2.73 bits per heavy atom. The third-order valence-electron chi connectivity index (χ3n) is 3.06. The average molecular weight is 271 g/mol. The molecule has 0 spiro atoms. The zero-order chi connectivity index (χ0) is 11.3. The highest BCUT2D eigenvalue weighted by molar-refractivity contribution is 7.98. The van der Waals surface area contributed by atoms with Gasteiger partial charge in [0.15, 0.2) is 9.84 Å². The minimum Gasteiger partial charge on any atom is -0.229 e. The van der Waals surface area contributed by atoms with E-state index in [0.717, 1.165) is 25.0 Å². The molecule has 1 heterocycles. The molecule has 1 fully saturated rings. The van der Waals surface area contributed by atoms with E-state index < -0.39 is 9.84 Å². The molecule has 0 aliphatic carbocycles. The summed E-state index contributed by atoms with van der Waals surface area (Å²) in [4.78, 5) is 0. The smallest absolute Gasteiger partial charge is 0.150 e. The molecule has 0 aromatic carbocycles. The third kappa shape index (κ3) is 4.53. The summed E-state index contributed by atoms with van der Waals surface area (Å²) in [5.74, 6) is 3.20. The van der Waals surface area contributed by atoms with E-state index in [1.807, 2.05) is 11.8 Å². The molecule has 2 nitrogen and oxygen atoms in total. The van der Waals surface area contributed by atoms with E-state index in [1.54, 1.807) is 0 Å². The summed E-state index contributed by atoms with van der Waals surface area (Å²) in [5, 5.41) is 0. The van der Waals surface area contributed by atoms with Crippen LogP contribution in [-0.4, -0.2) is 37.8 Å². The number of hydrogen-bond acceptors (Lipinski definition) is 3. The maximum atomic E-state index is 11.3. The van der Waals surface area contributed by atoms with Crippen molar-refractivity contribution in [2.24, 2.45) is 11.8 Å². The Balaban J connectivity index is 2.39. The van der Waals surface area contributed by atoms with E-state index in [9.17, 15) is 8.42 Å². The molecule has 1 aliphatic heterocycles. The lowest BCUT2D eigenvalue weighted by molar-refractivity contribution is 0.374. The van der Waals surface area contributed by atoms with Gasteiger partial charge in [-0.05, 0) is 43.1 Å². The van der Waals surface area contributed by atoms with Gasteiger partial charge in [0.2, 0.25) is 0 Å². The van der Waals surface area contributed by atoms with Crippen LogP contribution < -0.4 is 0 Å². The SMILES string of the molecule is CSCCCC(CCl)C1CCS(=O)(=O)C1. The zero-order valence-corrected chi connectivity index (χ0v) is 11.5. The van der Waals surface area contributed by atoms with Crippen molar-refractivity contribution < 1.29 is 8.42 Å². The van der Waals surface area contributed by atoms with E-state index in [-0.39, 0.29) is 0 Å². The second kappa shape index (κ2) is 6.36. The topological polar surface area (TPSA) is 34.1 Å². The van der Waals surface area contributed by atoms with Crippen molar-refractivity contribution in [3.05, 3.63) is 0 Å². The number of sulfone groups is 1. The standard InChI is InChI=1S/C10H19ClO2S2/c1-14-5-2-3-9(7-11)10-4-6-15(12,13)8-10/h9-10H,2-8H2,1H3. The quantitative estimate of drug-likeness (QED) is 0.549. The van der Waals surface area contributed by atoms with Crippen LogP contribution in [0.15, 0.2) is 0 Å². The maximum absolute atomic E-state index is 11.3. The molecule has 0 radical (unpaired) electrons. The first-order valence-electron chi connectivity index (χ1n) is 5.34. The Bertz CT molecular complexity index is 277. The second-order valence-electron chi connectivity index (χ2n) is 4.21. The number of thioether (sulfide) groups is 1. The van der Waals surface area contributed by atoms with Crippen molar-refractivity contribution in [1.29, 1.82) is 0 Å². The second-order valence-corrected chi connectivity index (χ2v) is 7.74. The lowest BCUT2D eigenvalue weighted by atomic mass is 9.90. The first kappa shape index (κ1) is 13.7. The van der Waals surface area contributed by atoms with Crippen molar-refractivity contribution in [2.45, 2.75) is 19.3 Å². The summed E-state index contributed by atoms with van der Waals surface area (Å²) in [6.45, 7) is 0. The maximum Gasteiger partial charge on any atom is 0.150 e. The van der Waals surface area contributed by atoms with E-state index in [0.29, 0.717) is 29.2 Å². The molecule has 15 heavy (non-hydrogen) atoms. The number of rotatable bonds is 6. The Labute approximate surface area is 102 Å². The lowest BCUT2D eigenvalue weighted by Gasteiger charge is -2.19. The van der Waals surface area contributed by atoms with Gasteiger partial charge in [0.25, 0.3) is 0 Å². The predicted molar refractivity (Wildman–Crippen MR) is 68.6 cm³/mol. The molecule has 5 heteroatoms. The minimum absolute atomic E-state index is 0.314. The van der Waals surface area contributed by atoms with Crippen LogP contribution in [0, 0.1) is 11.8 Å². The average Bonchev–Trinajstić information content (AvgIpc) is 2.54. The minimum atomic E-state index is -2.75. The molecule has 1 rings (SSSR count). The van der Waals surface area contributed by atoms with Crippen LogP contribution in [0.4, 0.5) is 0 Å². The van der Waals surface area contributed by atoms with Gasteiger partial charge in [-0.1, -0.05) is 0 Å². The largest absolute Gasteiger partial charge is 0.229 e. The summed E-state index contributed by atoms with van der Waals surface area (Å²) in [6, 6.07) is 0. The van der Waals surface area contributed by atoms with Crippen LogP contribution in [0.2, 0.25) is 0 Å². The monoisotopic (exact) mass is 270 g/mol. The molecule has 0 aromatic rings. The molecule has 2 unspecified atom stereocenters. The molecule has 90 valence electrons. The van der Waals surface area contributed by atoms with Gasteiger partial charge in [-0.15, -0.1) is 11.6 Å². The van der Waals surface area contributed by atoms with Crippen LogP contribution in [-0.2, 0) is 9.84 Å². The van der Waals surface area contributed by atoms with Gasteiger partial charge in [0.05, 0.1) is 11.5 Å². The third-order valence-corrected chi connectivity index (χ3v) is 5.94. The molecule has 1 aliphatic rings. The Kier molecular flexibility index (Phi) is 5.79. The number of alkyl halides is 1. The summed E-state index contributed by atoms with van der Waals surface area (Å²) in [5.41, 5.74) is 0. The van der Waals surface area contributed by atoms with E-state index in [1.165, 1.54) is 0 Å². The van der Waals surface area contributed by atoms with Gasteiger partial charge in [-0.25, -0.2) is 8.42 Å². The van der Waals surface area contributed by atoms with Crippen LogP contribution in [0.5, 0.6) is 0 Å². The van der Waals surface area contributed by atoms with Crippen molar-refractivity contribution in [3.63, 3.8) is 0 Å². The van der Waals surface area contributed by atoms with Crippen LogP contribution >= 0.6 is 23.4 Å². The van der Waals surface area contributed by atoms with Crippen LogP contribution in [0.1, 0.15) is 19.3 Å². The van der Waals surface area contributed by atoms with Gasteiger partial charge < -0.3 is 0 Å². The van der Waals surface area contributed by atoms with Crippen molar-refractivity contribution in [1.82, 2.24) is 0 Å². The van der Waals surface area contributed by atoms with Gasteiger partial charge in [0, 0.05) is 5.88 Å². The fraction of sp³-hybridized carbons (Fsp3) is 1.00. The summed E-state index contributed by atoms with van der Waals surface area (Å²) in [6.07, 6.45) is 5.13. The first-order chi connectivity index (χ1) is 7.09. The summed E-state index contributed by atoms with van der Waals surface area (Å²) >= 11 is 7.75.